The van der Waals surface area contributed by atoms with Crippen LogP contribution < -0.4 is 5.32 Å². The molecule has 1 unspecified atom stereocenters. The van der Waals surface area contributed by atoms with Gasteiger partial charge in [0.1, 0.15) is 0 Å². The highest BCUT2D eigenvalue weighted by atomic mass is 79.9. The summed E-state index contributed by atoms with van der Waals surface area (Å²) in [6.07, 6.45) is 0.843. The van der Waals surface area contributed by atoms with Gasteiger partial charge in [-0.1, -0.05) is 34.1 Å². The Kier molecular flexibility index (Phi) is 4.72. The highest BCUT2D eigenvalue weighted by Gasteiger charge is 2.09. The van der Waals surface area contributed by atoms with E-state index in [1.54, 1.807) is 0 Å². The molecule has 0 fully saturated rings. The molecular weight excluding hydrogens is 238 g/mol. The van der Waals surface area contributed by atoms with Crippen molar-refractivity contribution in [3.63, 3.8) is 0 Å². The maximum atomic E-state index is 3.54. The molecule has 0 aliphatic carbocycles. The molecule has 1 atom stereocenters. The van der Waals surface area contributed by atoms with Crippen LogP contribution in [0.3, 0.4) is 0 Å². The lowest BCUT2D eigenvalue weighted by Gasteiger charge is -2.15. The first-order chi connectivity index (χ1) is 6.79. The standard InChI is InChI=1S/C12H14BrN/c1-3-4-9-12(14-2)10-7-5-6-8-11(10)13/h5-8,12,14H,9H2,1-2H3. The molecule has 0 saturated heterocycles. The van der Waals surface area contributed by atoms with E-state index in [-0.39, 0.29) is 0 Å². The number of hydrogen-bond donors (Lipinski definition) is 1. The third kappa shape index (κ3) is 2.87. The van der Waals surface area contributed by atoms with E-state index in [1.807, 2.05) is 26.1 Å². The molecule has 74 valence electrons. The second kappa shape index (κ2) is 5.85. The van der Waals surface area contributed by atoms with Crippen molar-refractivity contribution in [1.82, 2.24) is 5.32 Å². The van der Waals surface area contributed by atoms with E-state index in [2.05, 4.69) is 45.2 Å². The molecule has 0 radical (unpaired) electrons. The van der Waals surface area contributed by atoms with Crippen molar-refractivity contribution in [3.05, 3.63) is 34.3 Å². The first-order valence-corrected chi connectivity index (χ1v) is 5.40. The number of hydrogen-bond acceptors (Lipinski definition) is 1. The molecule has 1 aromatic carbocycles. The number of benzene rings is 1. The maximum absolute atomic E-state index is 3.54. The van der Waals surface area contributed by atoms with Crippen LogP contribution in [0.2, 0.25) is 0 Å². The third-order valence-corrected chi connectivity index (χ3v) is 2.83. The predicted octanol–water partition coefficient (Wildman–Crippen LogP) is 3.12. The second-order valence-electron chi connectivity index (χ2n) is 2.99. The van der Waals surface area contributed by atoms with Gasteiger partial charge in [0, 0.05) is 16.9 Å². The SMILES string of the molecule is CC#CCC(NC)c1ccccc1Br. The Morgan fingerprint density at radius 2 is 2.14 bits per heavy atom. The summed E-state index contributed by atoms with van der Waals surface area (Å²) in [4.78, 5) is 0. The summed E-state index contributed by atoms with van der Waals surface area (Å²) in [5.74, 6) is 6.01. The topological polar surface area (TPSA) is 12.0 Å². The summed E-state index contributed by atoms with van der Waals surface area (Å²) >= 11 is 3.54. The van der Waals surface area contributed by atoms with Crippen LogP contribution in [-0.4, -0.2) is 7.05 Å². The largest absolute Gasteiger partial charge is 0.312 e. The van der Waals surface area contributed by atoms with Gasteiger partial charge in [-0.3, -0.25) is 0 Å². The Labute approximate surface area is 94.0 Å². The molecule has 1 rings (SSSR count). The summed E-state index contributed by atoms with van der Waals surface area (Å²) in [5.41, 5.74) is 1.26. The molecule has 0 aromatic heterocycles. The molecule has 0 spiro atoms. The molecule has 0 aliphatic heterocycles. The van der Waals surface area contributed by atoms with Crippen LogP contribution in [0, 0.1) is 11.8 Å². The molecule has 0 amide bonds. The van der Waals surface area contributed by atoms with Crippen LogP contribution in [0.15, 0.2) is 28.7 Å². The first-order valence-electron chi connectivity index (χ1n) is 4.61. The van der Waals surface area contributed by atoms with Gasteiger partial charge in [0.05, 0.1) is 0 Å². The van der Waals surface area contributed by atoms with Crippen molar-refractivity contribution in [1.29, 1.82) is 0 Å². The molecule has 0 aliphatic rings. The van der Waals surface area contributed by atoms with E-state index in [4.69, 9.17) is 0 Å². The Bertz CT molecular complexity index is 349. The van der Waals surface area contributed by atoms with Crippen LogP contribution in [0.1, 0.15) is 24.9 Å². The minimum atomic E-state index is 0.304. The summed E-state index contributed by atoms with van der Waals surface area (Å²) < 4.78 is 1.14. The molecular formula is C12H14BrN. The zero-order valence-corrected chi connectivity index (χ0v) is 10.1. The summed E-state index contributed by atoms with van der Waals surface area (Å²) in [7, 11) is 1.96. The highest BCUT2D eigenvalue weighted by molar-refractivity contribution is 9.10. The number of halogens is 1. The second-order valence-corrected chi connectivity index (χ2v) is 3.85. The van der Waals surface area contributed by atoms with Gasteiger partial charge in [-0.2, -0.15) is 0 Å². The van der Waals surface area contributed by atoms with Crippen LogP contribution in [0.25, 0.3) is 0 Å². The fraction of sp³-hybridized carbons (Fsp3) is 0.333. The van der Waals surface area contributed by atoms with Gasteiger partial charge in [-0.15, -0.1) is 11.8 Å². The lowest BCUT2D eigenvalue weighted by atomic mass is 10.0. The zero-order valence-electron chi connectivity index (χ0n) is 8.47. The Morgan fingerprint density at radius 3 is 2.71 bits per heavy atom. The van der Waals surface area contributed by atoms with Crippen LogP contribution in [0.5, 0.6) is 0 Å². The lowest BCUT2D eigenvalue weighted by molar-refractivity contribution is 0.609. The highest BCUT2D eigenvalue weighted by Crippen LogP contribution is 2.24. The molecule has 1 aromatic rings. The normalized spacial score (nSPS) is 11.6. The van der Waals surface area contributed by atoms with E-state index in [0.29, 0.717) is 6.04 Å². The average Bonchev–Trinajstić information content (AvgIpc) is 2.21. The van der Waals surface area contributed by atoms with Crippen molar-refractivity contribution in [2.75, 3.05) is 7.05 Å². The van der Waals surface area contributed by atoms with Gasteiger partial charge in [0.25, 0.3) is 0 Å². The lowest BCUT2D eigenvalue weighted by Crippen LogP contribution is -2.16. The van der Waals surface area contributed by atoms with Crippen molar-refractivity contribution in [2.45, 2.75) is 19.4 Å². The van der Waals surface area contributed by atoms with E-state index >= 15 is 0 Å². The number of rotatable bonds is 3. The molecule has 0 saturated carbocycles. The monoisotopic (exact) mass is 251 g/mol. The molecule has 0 heterocycles. The Balaban J connectivity index is 2.87. The van der Waals surface area contributed by atoms with E-state index in [0.717, 1.165) is 10.9 Å². The Morgan fingerprint density at radius 1 is 1.43 bits per heavy atom. The molecule has 1 nitrogen and oxygen atoms in total. The number of nitrogens with one attached hydrogen (secondary N) is 1. The minimum absolute atomic E-state index is 0.304. The van der Waals surface area contributed by atoms with Gasteiger partial charge in [-0.25, -0.2) is 0 Å². The van der Waals surface area contributed by atoms with Crippen LogP contribution in [0.4, 0.5) is 0 Å². The molecule has 1 N–H and O–H groups in total. The van der Waals surface area contributed by atoms with Crippen molar-refractivity contribution in [2.24, 2.45) is 0 Å². The minimum Gasteiger partial charge on any atom is -0.312 e. The zero-order chi connectivity index (χ0) is 10.4. The first kappa shape index (κ1) is 11.3. The van der Waals surface area contributed by atoms with E-state index < -0.39 is 0 Å². The van der Waals surface area contributed by atoms with Gasteiger partial charge in [0.15, 0.2) is 0 Å². The average molecular weight is 252 g/mol. The summed E-state index contributed by atoms with van der Waals surface area (Å²) in [5, 5.41) is 3.26. The fourth-order valence-corrected chi connectivity index (χ4v) is 1.89. The summed E-state index contributed by atoms with van der Waals surface area (Å²) in [6.45, 7) is 1.87. The Hall–Kier alpha value is -0.780. The van der Waals surface area contributed by atoms with Gasteiger partial charge >= 0.3 is 0 Å². The van der Waals surface area contributed by atoms with Crippen molar-refractivity contribution >= 4 is 15.9 Å². The summed E-state index contributed by atoms with van der Waals surface area (Å²) in [6, 6.07) is 8.54. The fourth-order valence-electron chi connectivity index (χ4n) is 1.33. The predicted molar refractivity (Wildman–Crippen MR) is 64.0 cm³/mol. The van der Waals surface area contributed by atoms with Crippen molar-refractivity contribution < 1.29 is 0 Å². The molecule has 2 heteroatoms. The van der Waals surface area contributed by atoms with Crippen LogP contribution in [-0.2, 0) is 0 Å². The smallest absolute Gasteiger partial charge is 0.0439 e. The van der Waals surface area contributed by atoms with Crippen molar-refractivity contribution in [3.8, 4) is 11.8 Å². The molecule has 0 bridgehead atoms. The van der Waals surface area contributed by atoms with Gasteiger partial charge < -0.3 is 5.32 Å². The van der Waals surface area contributed by atoms with E-state index in [1.165, 1.54) is 5.56 Å². The van der Waals surface area contributed by atoms with Crippen LogP contribution >= 0.6 is 15.9 Å². The van der Waals surface area contributed by atoms with Gasteiger partial charge in [0.2, 0.25) is 0 Å². The molecule has 14 heavy (non-hydrogen) atoms. The maximum Gasteiger partial charge on any atom is 0.0439 e. The van der Waals surface area contributed by atoms with E-state index in [9.17, 15) is 0 Å². The van der Waals surface area contributed by atoms with Gasteiger partial charge in [-0.05, 0) is 25.6 Å². The third-order valence-electron chi connectivity index (χ3n) is 2.11. The quantitative estimate of drug-likeness (QED) is 0.815.